The lowest BCUT2D eigenvalue weighted by Crippen LogP contribution is -2.11. The molecule has 17 heavy (non-hydrogen) atoms. The molecule has 0 saturated heterocycles. The highest BCUT2D eigenvalue weighted by atomic mass is 16.5. The molecule has 0 radical (unpaired) electrons. The van der Waals surface area contributed by atoms with Gasteiger partial charge in [-0.2, -0.15) is 5.10 Å². The number of hydrogen-bond acceptors (Lipinski definition) is 3. The summed E-state index contributed by atoms with van der Waals surface area (Å²) in [5, 5.41) is 12.8. The summed E-state index contributed by atoms with van der Waals surface area (Å²) in [5.41, 5.74) is 1.55. The Balaban J connectivity index is 2.46. The predicted molar refractivity (Wildman–Crippen MR) is 61.9 cm³/mol. The van der Waals surface area contributed by atoms with Crippen molar-refractivity contribution in [1.82, 2.24) is 9.78 Å². The molecule has 0 saturated carbocycles. The maximum atomic E-state index is 10.7. The first-order valence-electron chi connectivity index (χ1n) is 5.09. The first-order valence-corrected chi connectivity index (χ1v) is 5.09. The number of aromatic nitrogens is 2. The molecule has 0 atom stereocenters. The van der Waals surface area contributed by atoms with Crippen molar-refractivity contribution in [3.63, 3.8) is 0 Å². The van der Waals surface area contributed by atoms with Crippen LogP contribution in [0.4, 0.5) is 0 Å². The number of benzene rings is 1. The third-order valence-electron chi connectivity index (χ3n) is 2.38. The molecule has 5 heteroatoms. The number of nitrogens with zero attached hydrogens (tertiary/aromatic N) is 2. The van der Waals surface area contributed by atoms with Crippen LogP contribution in [0.15, 0.2) is 36.5 Å². The minimum absolute atomic E-state index is 0.166. The van der Waals surface area contributed by atoms with Crippen LogP contribution >= 0.6 is 0 Å². The standard InChI is InChI=1S/C12H12N2O3/c1-17-11-5-3-2-4-9(11)10-6-7-13-14(10)8-12(15)16/h2-7H,8H2,1H3,(H,15,16). The predicted octanol–water partition coefficient (Wildman–Crippen LogP) is 1.64. The Kier molecular flexibility index (Phi) is 3.09. The molecular formula is C12H12N2O3. The van der Waals surface area contributed by atoms with Gasteiger partial charge in [0.2, 0.25) is 0 Å². The number of carbonyl (C=O) groups is 1. The summed E-state index contributed by atoms with van der Waals surface area (Å²) in [4.78, 5) is 10.7. The van der Waals surface area contributed by atoms with Crippen molar-refractivity contribution in [1.29, 1.82) is 0 Å². The van der Waals surface area contributed by atoms with E-state index < -0.39 is 5.97 Å². The van der Waals surface area contributed by atoms with Crippen molar-refractivity contribution >= 4 is 5.97 Å². The highest BCUT2D eigenvalue weighted by Crippen LogP contribution is 2.28. The van der Waals surface area contributed by atoms with E-state index in [2.05, 4.69) is 5.10 Å². The van der Waals surface area contributed by atoms with Crippen LogP contribution in [-0.4, -0.2) is 28.0 Å². The van der Waals surface area contributed by atoms with E-state index in [0.717, 1.165) is 11.3 Å². The van der Waals surface area contributed by atoms with Crippen molar-refractivity contribution in [3.05, 3.63) is 36.5 Å². The fraction of sp³-hybridized carbons (Fsp3) is 0.167. The van der Waals surface area contributed by atoms with Crippen molar-refractivity contribution in [2.24, 2.45) is 0 Å². The van der Waals surface area contributed by atoms with Crippen molar-refractivity contribution < 1.29 is 14.6 Å². The third kappa shape index (κ3) is 2.28. The number of rotatable bonds is 4. The summed E-state index contributed by atoms with van der Waals surface area (Å²) in [6.07, 6.45) is 1.57. The minimum atomic E-state index is -0.926. The second kappa shape index (κ2) is 4.69. The Morgan fingerprint density at radius 2 is 2.18 bits per heavy atom. The molecule has 0 amide bonds. The van der Waals surface area contributed by atoms with Gasteiger partial charge in [0, 0.05) is 11.8 Å². The molecular weight excluding hydrogens is 220 g/mol. The molecule has 5 nitrogen and oxygen atoms in total. The van der Waals surface area contributed by atoms with Crippen LogP contribution in [0.5, 0.6) is 5.75 Å². The monoisotopic (exact) mass is 232 g/mol. The molecule has 88 valence electrons. The van der Waals surface area contributed by atoms with Crippen LogP contribution in [0.2, 0.25) is 0 Å². The smallest absolute Gasteiger partial charge is 0.325 e. The Hall–Kier alpha value is -2.30. The van der Waals surface area contributed by atoms with Crippen LogP contribution < -0.4 is 4.74 Å². The largest absolute Gasteiger partial charge is 0.496 e. The average molecular weight is 232 g/mol. The van der Waals surface area contributed by atoms with Gasteiger partial charge in [-0.05, 0) is 18.2 Å². The van der Waals surface area contributed by atoms with E-state index >= 15 is 0 Å². The number of methoxy groups -OCH3 is 1. The topological polar surface area (TPSA) is 64.4 Å². The summed E-state index contributed by atoms with van der Waals surface area (Å²) in [6, 6.07) is 9.19. The SMILES string of the molecule is COc1ccccc1-c1ccnn1CC(=O)O. The molecule has 0 spiro atoms. The lowest BCUT2D eigenvalue weighted by Gasteiger charge is -2.09. The van der Waals surface area contributed by atoms with Crippen LogP contribution in [0, 0.1) is 0 Å². The van der Waals surface area contributed by atoms with Crippen molar-refractivity contribution in [2.75, 3.05) is 7.11 Å². The Bertz CT molecular complexity index is 534. The number of carboxylic acid groups (broad SMARTS) is 1. The summed E-state index contributed by atoms with van der Waals surface area (Å²) in [7, 11) is 1.58. The first-order chi connectivity index (χ1) is 8.22. The zero-order valence-electron chi connectivity index (χ0n) is 9.33. The molecule has 0 unspecified atom stereocenters. The molecule has 0 fully saturated rings. The van der Waals surface area contributed by atoms with Gasteiger partial charge in [0.1, 0.15) is 12.3 Å². The molecule has 1 N–H and O–H groups in total. The first kappa shape index (κ1) is 11.2. The van der Waals surface area contributed by atoms with E-state index in [9.17, 15) is 4.79 Å². The summed E-state index contributed by atoms with van der Waals surface area (Å²) in [6.45, 7) is -0.166. The average Bonchev–Trinajstić information content (AvgIpc) is 2.76. The van der Waals surface area contributed by atoms with Crippen molar-refractivity contribution in [3.8, 4) is 17.0 Å². The number of hydrogen-bond donors (Lipinski definition) is 1. The lowest BCUT2D eigenvalue weighted by molar-refractivity contribution is -0.137. The highest BCUT2D eigenvalue weighted by Gasteiger charge is 2.11. The second-order valence-electron chi connectivity index (χ2n) is 3.47. The molecule has 1 aromatic carbocycles. The number of aliphatic carboxylic acids is 1. The molecule has 0 bridgehead atoms. The van der Waals surface area contributed by atoms with E-state index in [-0.39, 0.29) is 6.54 Å². The third-order valence-corrected chi connectivity index (χ3v) is 2.38. The van der Waals surface area contributed by atoms with Gasteiger partial charge in [0.25, 0.3) is 0 Å². The lowest BCUT2D eigenvalue weighted by atomic mass is 10.1. The number of ether oxygens (including phenoxy) is 1. The molecule has 0 aliphatic carbocycles. The summed E-state index contributed by atoms with van der Waals surface area (Å²) < 4.78 is 6.67. The second-order valence-corrected chi connectivity index (χ2v) is 3.47. The number of para-hydroxylation sites is 1. The zero-order valence-corrected chi connectivity index (χ0v) is 9.33. The van der Waals surface area contributed by atoms with Gasteiger partial charge in [-0.25, -0.2) is 0 Å². The molecule has 2 aromatic rings. The molecule has 2 rings (SSSR count). The van der Waals surface area contributed by atoms with Gasteiger partial charge < -0.3 is 9.84 Å². The summed E-state index contributed by atoms with van der Waals surface area (Å²) in [5.74, 6) is -0.232. The van der Waals surface area contributed by atoms with Crippen LogP contribution in [-0.2, 0) is 11.3 Å². The highest BCUT2D eigenvalue weighted by molar-refractivity contribution is 5.71. The Labute approximate surface area is 98.3 Å². The van der Waals surface area contributed by atoms with E-state index in [0.29, 0.717) is 5.75 Å². The van der Waals surface area contributed by atoms with E-state index in [1.807, 2.05) is 24.3 Å². The maximum Gasteiger partial charge on any atom is 0.325 e. The van der Waals surface area contributed by atoms with Crippen LogP contribution in [0.25, 0.3) is 11.3 Å². The normalized spacial score (nSPS) is 10.2. The van der Waals surface area contributed by atoms with Gasteiger partial charge in [-0.3, -0.25) is 9.48 Å². The maximum absolute atomic E-state index is 10.7. The van der Waals surface area contributed by atoms with Crippen LogP contribution in [0.1, 0.15) is 0 Å². The summed E-state index contributed by atoms with van der Waals surface area (Å²) >= 11 is 0. The van der Waals surface area contributed by atoms with Gasteiger partial charge >= 0.3 is 5.97 Å². The Morgan fingerprint density at radius 1 is 1.41 bits per heavy atom. The molecule has 1 aromatic heterocycles. The van der Waals surface area contributed by atoms with Gasteiger partial charge in [0.15, 0.2) is 0 Å². The quantitative estimate of drug-likeness (QED) is 0.870. The zero-order chi connectivity index (χ0) is 12.3. The fourth-order valence-electron chi connectivity index (χ4n) is 1.67. The molecule has 0 aliphatic rings. The molecule has 1 heterocycles. The van der Waals surface area contributed by atoms with Gasteiger partial charge in [0.05, 0.1) is 12.8 Å². The van der Waals surface area contributed by atoms with Crippen molar-refractivity contribution in [2.45, 2.75) is 6.54 Å². The fourth-order valence-corrected chi connectivity index (χ4v) is 1.67. The number of carboxylic acids is 1. The van der Waals surface area contributed by atoms with Crippen LogP contribution in [0.3, 0.4) is 0 Å². The van der Waals surface area contributed by atoms with E-state index in [1.54, 1.807) is 19.4 Å². The molecule has 0 aliphatic heterocycles. The van der Waals surface area contributed by atoms with E-state index in [1.165, 1.54) is 4.68 Å². The van der Waals surface area contributed by atoms with E-state index in [4.69, 9.17) is 9.84 Å². The Morgan fingerprint density at radius 3 is 2.88 bits per heavy atom. The van der Waals surface area contributed by atoms with Gasteiger partial charge in [-0.15, -0.1) is 0 Å². The minimum Gasteiger partial charge on any atom is -0.496 e. The van der Waals surface area contributed by atoms with Gasteiger partial charge in [-0.1, -0.05) is 12.1 Å².